The van der Waals surface area contributed by atoms with E-state index in [1.807, 2.05) is 0 Å². The van der Waals surface area contributed by atoms with Gasteiger partial charge in [-0.15, -0.1) is 11.8 Å². The monoisotopic (exact) mass is 303 g/mol. The topological polar surface area (TPSA) is 84.3 Å². The van der Waals surface area contributed by atoms with Crippen molar-refractivity contribution in [1.82, 2.24) is 4.98 Å². The molecule has 0 fully saturated rings. The zero-order chi connectivity index (χ0) is 14.7. The van der Waals surface area contributed by atoms with E-state index in [0.29, 0.717) is 10.8 Å². The van der Waals surface area contributed by atoms with Crippen molar-refractivity contribution in [3.05, 3.63) is 23.9 Å². The van der Waals surface area contributed by atoms with Crippen LogP contribution in [0.3, 0.4) is 0 Å². The minimum Gasteiger partial charge on any atom is -0.478 e. The molecule has 106 valence electrons. The number of sulfone groups is 1. The Hall–Kier alpha value is -1.08. The molecule has 0 unspecified atom stereocenters. The van der Waals surface area contributed by atoms with Crippen molar-refractivity contribution in [1.29, 1.82) is 0 Å². The number of hydrogen-bond donors (Lipinski definition) is 1. The lowest BCUT2D eigenvalue weighted by Gasteiger charge is -2.18. The standard InChI is InChI=1S/C12H17NO4S2/c1-12(2,3)19(16,17)7-6-18-10-8-9(11(14)15)4-5-13-10/h4-5,8H,6-7H2,1-3H3,(H,14,15). The highest BCUT2D eigenvalue weighted by atomic mass is 32.2. The summed E-state index contributed by atoms with van der Waals surface area (Å²) in [5, 5.41) is 9.36. The van der Waals surface area contributed by atoms with Crippen LogP contribution in [-0.2, 0) is 9.84 Å². The molecule has 0 aliphatic heterocycles. The molecule has 0 aliphatic carbocycles. The van der Waals surface area contributed by atoms with Crippen LogP contribution >= 0.6 is 11.8 Å². The van der Waals surface area contributed by atoms with E-state index in [1.54, 1.807) is 20.8 Å². The predicted molar refractivity (Wildman–Crippen MR) is 75.5 cm³/mol. The van der Waals surface area contributed by atoms with Gasteiger partial charge in [-0.05, 0) is 32.9 Å². The number of pyridine rings is 1. The largest absolute Gasteiger partial charge is 0.478 e. The lowest BCUT2D eigenvalue weighted by Crippen LogP contribution is -2.31. The van der Waals surface area contributed by atoms with E-state index in [4.69, 9.17) is 5.11 Å². The first-order valence-corrected chi connectivity index (χ1v) is 8.32. The van der Waals surface area contributed by atoms with Gasteiger partial charge in [-0.1, -0.05) is 0 Å². The van der Waals surface area contributed by atoms with Gasteiger partial charge in [0.05, 0.1) is 21.1 Å². The molecule has 19 heavy (non-hydrogen) atoms. The number of carboxylic acid groups (broad SMARTS) is 1. The van der Waals surface area contributed by atoms with Gasteiger partial charge in [0.2, 0.25) is 0 Å². The summed E-state index contributed by atoms with van der Waals surface area (Å²) < 4.78 is 23.0. The fraction of sp³-hybridized carbons (Fsp3) is 0.500. The third-order valence-corrected chi connectivity index (χ3v) is 6.31. The minimum absolute atomic E-state index is 0.0418. The van der Waals surface area contributed by atoms with E-state index in [2.05, 4.69) is 4.98 Å². The van der Waals surface area contributed by atoms with Crippen LogP contribution < -0.4 is 0 Å². The maximum Gasteiger partial charge on any atom is 0.335 e. The SMILES string of the molecule is CC(C)(C)S(=O)(=O)CCSc1cc(C(=O)O)ccn1. The van der Waals surface area contributed by atoms with Crippen LogP contribution in [0.1, 0.15) is 31.1 Å². The highest BCUT2D eigenvalue weighted by Gasteiger charge is 2.28. The number of aromatic carboxylic acids is 1. The summed E-state index contributed by atoms with van der Waals surface area (Å²) >= 11 is 1.24. The number of aromatic nitrogens is 1. The molecule has 0 atom stereocenters. The lowest BCUT2D eigenvalue weighted by molar-refractivity contribution is 0.0696. The van der Waals surface area contributed by atoms with Crippen molar-refractivity contribution >= 4 is 27.6 Å². The van der Waals surface area contributed by atoms with Crippen LogP contribution in [0.15, 0.2) is 23.4 Å². The van der Waals surface area contributed by atoms with Gasteiger partial charge in [0.15, 0.2) is 9.84 Å². The Morgan fingerprint density at radius 3 is 2.58 bits per heavy atom. The van der Waals surface area contributed by atoms with Crippen molar-refractivity contribution < 1.29 is 18.3 Å². The molecule has 0 bridgehead atoms. The van der Waals surface area contributed by atoms with E-state index in [-0.39, 0.29) is 11.3 Å². The smallest absolute Gasteiger partial charge is 0.335 e. The molecule has 0 spiro atoms. The minimum atomic E-state index is -3.16. The van der Waals surface area contributed by atoms with Gasteiger partial charge in [0.1, 0.15) is 0 Å². The molecule has 0 saturated carbocycles. The van der Waals surface area contributed by atoms with E-state index >= 15 is 0 Å². The molecule has 1 N–H and O–H groups in total. The Kier molecular flexibility index (Phi) is 4.98. The van der Waals surface area contributed by atoms with Crippen LogP contribution in [0, 0.1) is 0 Å². The second-order valence-electron chi connectivity index (χ2n) is 4.97. The van der Waals surface area contributed by atoms with Crippen molar-refractivity contribution in [2.75, 3.05) is 11.5 Å². The molecular weight excluding hydrogens is 286 g/mol. The molecule has 1 aromatic rings. The Balaban J connectivity index is 2.64. The molecule has 0 aliphatic rings. The second kappa shape index (κ2) is 5.92. The highest BCUT2D eigenvalue weighted by Crippen LogP contribution is 2.21. The first kappa shape index (κ1) is 16.0. The summed E-state index contributed by atoms with van der Waals surface area (Å²) in [5.41, 5.74) is 0.149. The van der Waals surface area contributed by atoms with Crippen molar-refractivity contribution in [3.8, 4) is 0 Å². The van der Waals surface area contributed by atoms with E-state index in [1.165, 1.54) is 30.1 Å². The summed E-state index contributed by atoms with van der Waals surface area (Å²) in [6, 6.07) is 2.84. The summed E-state index contributed by atoms with van der Waals surface area (Å²) in [5.74, 6) is -0.623. The fourth-order valence-electron chi connectivity index (χ4n) is 1.18. The average Bonchev–Trinajstić information content (AvgIpc) is 2.27. The molecular formula is C12H17NO4S2. The van der Waals surface area contributed by atoms with Crippen LogP contribution in [-0.4, -0.2) is 40.7 Å². The third-order valence-electron chi connectivity index (χ3n) is 2.52. The number of thioether (sulfide) groups is 1. The third kappa shape index (κ3) is 4.50. The number of nitrogens with zero attached hydrogens (tertiary/aromatic N) is 1. The zero-order valence-corrected chi connectivity index (χ0v) is 12.7. The van der Waals surface area contributed by atoms with Gasteiger partial charge in [-0.2, -0.15) is 0 Å². The van der Waals surface area contributed by atoms with Gasteiger partial charge in [-0.25, -0.2) is 18.2 Å². The van der Waals surface area contributed by atoms with Crippen molar-refractivity contribution in [2.45, 2.75) is 30.5 Å². The summed E-state index contributed by atoms with van der Waals surface area (Å²) in [7, 11) is -3.16. The van der Waals surface area contributed by atoms with Crippen LogP contribution in [0.4, 0.5) is 0 Å². The quantitative estimate of drug-likeness (QED) is 0.838. The molecule has 5 nitrogen and oxygen atoms in total. The first-order valence-electron chi connectivity index (χ1n) is 5.68. The summed E-state index contributed by atoms with van der Waals surface area (Å²) in [6.07, 6.45) is 1.41. The number of carboxylic acids is 1. The molecule has 0 aromatic carbocycles. The van der Waals surface area contributed by atoms with Crippen molar-refractivity contribution in [3.63, 3.8) is 0 Å². The Bertz CT molecular complexity index is 561. The zero-order valence-electron chi connectivity index (χ0n) is 11.1. The molecule has 1 rings (SSSR count). The van der Waals surface area contributed by atoms with Gasteiger partial charge < -0.3 is 5.11 Å². The van der Waals surface area contributed by atoms with E-state index in [9.17, 15) is 13.2 Å². The predicted octanol–water partition coefficient (Wildman–Crippen LogP) is 2.09. The van der Waals surface area contributed by atoms with Gasteiger partial charge >= 0.3 is 5.97 Å². The van der Waals surface area contributed by atoms with E-state index in [0.717, 1.165) is 0 Å². The van der Waals surface area contributed by atoms with Gasteiger partial charge in [0, 0.05) is 11.9 Å². The lowest BCUT2D eigenvalue weighted by atomic mass is 10.3. The number of hydrogen-bond acceptors (Lipinski definition) is 5. The molecule has 1 heterocycles. The fourth-order valence-corrected chi connectivity index (χ4v) is 3.56. The Labute approximate surface area is 117 Å². The molecule has 0 amide bonds. The van der Waals surface area contributed by atoms with Gasteiger partial charge in [-0.3, -0.25) is 0 Å². The van der Waals surface area contributed by atoms with Crippen molar-refractivity contribution in [2.24, 2.45) is 0 Å². The number of rotatable bonds is 5. The Morgan fingerprint density at radius 1 is 1.42 bits per heavy atom. The molecule has 1 aromatic heterocycles. The second-order valence-corrected chi connectivity index (χ2v) is 8.95. The molecule has 0 radical (unpaired) electrons. The summed E-state index contributed by atoms with van der Waals surface area (Å²) in [4.78, 5) is 14.8. The Morgan fingerprint density at radius 2 is 2.05 bits per heavy atom. The van der Waals surface area contributed by atoms with Crippen LogP contribution in [0.2, 0.25) is 0 Å². The summed E-state index contributed by atoms with van der Waals surface area (Å²) in [6.45, 7) is 4.99. The normalized spacial score (nSPS) is 12.4. The average molecular weight is 303 g/mol. The molecule has 7 heteroatoms. The maximum absolute atomic E-state index is 11.9. The first-order chi connectivity index (χ1) is 8.63. The van der Waals surface area contributed by atoms with Crippen LogP contribution in [0.5, 0.6) is 0 Å². The molecule has 0 saturated heterocycles. The van der Waals surface area contributed by atoms with Crippen LogP contribution in [0.25, 0.3) is 0 Å². The maximum atomic E-state index is 11.9. The van der Waals surface area contributed by atoms with E-state index < -0.39 is 20.6 Å². The van der Waals surface area contributed by atoms with Gasteiger partial charge in [0.25, 0.3) is 0 Å². The highest BCUT2D eigenvalue weighted by molar-refractivity contribution is 8.00. The number of carbonyl (C=O) groups is 1.